The highest BCUT2D eigenvalue weighted by Crippen LogP contribution is 2.16. The standard InChI is InChI=1S/C14H23N3O2/c1-17(2)9-8-16-14(18)11-15-10-12-6-4-5-7-13(12)19-3/h4-7,15H,8-11H2,1-3H3,(H,16,18). The fourth-order valence-electron chi connectivity index (χ4n) is 1.64. The predicted molar refractivity (Wildman–Crippen MR) is 76.3 cm³/mol. The topological polar surface area (TPSA) is 53.6 Å². The van der Waals surface area contributed by atoms with Crippen molar-refractivity contribution in [2.24, 2.45) is 0 Å². The Kier molecular flexibility index (Phi) is 6.92. The molecule has 0 saturated carbocycles. The summed E-state index contributed by atoms with van der Waals surface area (Å²) in [7, 11) is 5.60. The molecule has 0 aliphatic heterocycles. The van der Waals surface area contributed by atoms with Gasteiger partial charge >= 0.3 is 0 Å². The van der Waals surface area contributed by atoms with Gasteiger partial charge in [-0.25, -0.2) is 0 Å². The van der Waals surface area contributed by atoms with Gasteiger partial charge in [-0.1, -0.05) is 18.2 Å². The molecule has 0 unspecified atom stereocenters. The van der Waals surface area contributed by atoms with E-state index in [0.717, 1.165) is 17.9 Å². The van der Waals surface area contributed by atoms with E-state index in [4.69, 9.17) is 4.74 Å². The van der Waals surface area contributed by atoms with E-state index in [-0.39, 0.29) is 5.91 Å². The van der Waals surface area contributed by atoms with Crippen LogP contribution in [0.25, 0.3) is 0 Å². The highest BCUT2D eigenvalue weighted by molar-refractivity contribution is 5.77. The van der Waals surface area contributed by atoms with Crippen LogP contribution in [0.1, 0.15) is 5.56 Å². The Morgan fingerprint density at radius 3 is 2.74 bits per heavy atom. The van der Waals surface area contributed by atoms with Crippen molar-refractivity contribution in [3.8, 4) is 5.75 Å². The SMILES string of the molecule is COc1ccccc1CNCC(=O)NCCN(C)C. The Morgan fingerprint density at radius 2 is 2.05 bits per heavy atom. The average Bonchev–Trinajstić information content (AvgIpc) is 2.39. The van der Waals surface area contributed by atoms with Crippen molar-refractivity contribution < 1.29 is 9.53 Å². The molecular formula is C14H23N3O2. The smallest absolute Gasteiger partial charge is 0.234 e. The van der Waals surface area contributed by atoms with Crippen LogP contribution in [-0.2, 0) is 11.3 Å². The van der Waals surface area contributed by atoms with Crippen molar-refractivity contribution in [2.45, 2.75) is 6.54 Å². The number of amides is 1. The zero-order valence-corrected chi connectivity index (χ0v) is 11.9. The molecule has 0 heterocycles. The van der Waals surface area contributed by atoms with Gasteiger partial charge in [0.2, 0.25) is 5.91 Å². The maximum Gasteiger partial charge on any atom is 0.234 e. The van der Waals surface area contributed by atoms with Gasteiger partial charge in [-0.2, -0.15) is 0 Å². The number of methoxy groups -OCH3 is 1. The van der Waals surface area contributed by atoms with Gasteiger partial charge in [-0.3, -0.25) is 4.79 Å². The summed E-state index contributed by atoms with van der Waals surface area (Å²) in [5.74, 6) is 0.847. The largest absolute Gasteiger partial charge is 0.496 e. The molecule has 5 nitrogen and oxygen atoms in total. The Bertz CT molecular complexity index is 394. The van der Waals surface area contributed by atoms with E-state index >= 15 is 0 Å². The maximum atomic E-state index is 11.5. The van der Waals surface area contributed by atoms with E-state index in [1.165, 1.54) is 0 Å². The second-order valence-corrected chi connectivity index (χ2v) is 4.57. The lowest BCUT2D eigenvalue weighted by Crippen LogP contribution is -2.37. The van der Waals surface area contributed by atoms with Crippen LogP contribution in [0.4, 0.5) is 0 Å². The van der Waals surface area contributed by atoms with Crippen molar-refractivity contribution in [1.29, 1.82) is 0 Å². The molecule has 1 amide bonds. The van der Waals surface area contributed by atoms with Gasteiger partial charge in [-0.15, -0.1) is 0 Å². The molecule has 0 aromatic heterocycles. The number of carbonyl (C=O) groups excluding carboxylic acids is 1. The predicted octanol–water partition coefficient (Wildman–Crippen LogP) is 0.463. The van der Waals surface area contributed by atoms with E-state index < -0.39 is 0 Å². The molecule has 106 valence electrons. The summed E-state index contributed by atoms with van der Waals surface area (Å²) in [6.07, 6.45) is 0. The van der Waals surface area contributed by atoms with Crippen LogP contribution in [0.5, 0.6) is 5.75 Å². The number of rotatable bonds is 8. The van der Waals surface area contributed by atoms with Gasteiger partial charge in [-0.05, 0) is 20.2 Å². The second kappa shape index (κ2) is 8.50. The summed E-state index contributed by atoms with van der Waals surface area (Å²) in [4.78, 5) is 13.6. The Labute approximate surface area is 114 Å². The van der Waals surface area contributed by atoms with Crippen molar-refractivity contribution in [2.75, 3.05) is 40.8 Å². The molecule has 0 radical (unpaired) electrons. The van der Waals surface area contributed by atoms with Gasteiger partial charge in [0, 0.05) is 25.2 Å². The Morgan fingerprint density at radius 1 is 1.32 bits per heavy atom. The molecule has 1 aromatic rings. The van der Waals surface area contributed by atoms with E-state index in [9.17, 15) is 4.79 Å². The van der Waals surface area contributed by atoms with E-state index in [0.29, 0.717) is 19.6 Å². The first kappa shape index (κ1) is 15.5. The van der Waals surface area contributed by atoms with Gasteiger partial charge in [0.1, 0.15) is 5.75 Å². The Hall–Kier alpha value is -1.59. The number of ether oxygens (including phenoxy) is 1. The zero-order valence-electron chi connectivity index (χ0n) is 11.9. The molecule has 0 saturated heterocycles. The van der Waals surface area contributed by atoms with Crippen LogP contribution in [0.3, 0.4) is 0 Å². The summed E-state index contributed by atoms with van der Waals surface area (Å²) >= 11 is 0. The number of hydrogen-bond acceptors (Lipinski definition) is 4. The minimum Gasteiger partial charge on any atom is -0.496 e. The molecule has 19 heavy (non-hydrogen) atoms. The maximum absolute atomic E-state index is 11.5. The monoisotopic (exact) mass is 265 g/mol. The molecule has 0 atom stereocenters. The molecule has 0 bridgehead atoms. The molecule has 0 fully saturated rings. The summed E-state index contributed by atoms with van der Waals surface area (Å²) in [6, 6.07) is 7.77. The molecule has 2 N–H and O–H groups in total. The lowest BCUT2D eigenvalue weighted by Gasteiger charge is -2.11. The minimum atomic E-state index is 0.0109. The summed E-state index contributed by atoms with van der Waals surface area (Å²) in [6.45, 7) is 2.44. The average molecular weight is 265 g/mol. The molecular weight excluding hydrogens is 242 g/mol. The summed E-state index contributed by atoms with van der Waals surface area (Å²) in [5, 5.41) is 5.96. The number of likely N-dealkylation sites (N-methyl/N-ethyl adjacent to an activating group) is 1. The van der Waals surface area contributed by atoms with Crippen LogP contribution in [-0.4, -0.2) is 51.6 Å². The van der Waals surface area contributed by atoms with Gasteiger partial charge in [0.25, 0.3) is 0 Å². The number of nitrogens with one attached hydrogen (secondary N) is 2. The van der Waals surface area contributed by atoms with Crippen LogP contribution in [0.2, 0.25) is 0 Å². The van der Waals surface area contributed by atoms with Crippen LogP contribution in [0, 0.1) is 0 Å². The molecule has 0 spiro atoms. The van der Waals surface area contributed by atoms with Crippen molar-refractivity contribution in [3.63, 3.8) is 0 Å². The van der Waals surface area contributed by atoms with Gasteiger partial charge in [0.15, 0.2) is 0 Å². The molecule has 0 aliphatic carbocycles. The van der Waals surface area contributed by atoms with Crippen molar-refractivity contribution in [1.82, 2.24) is 15.5 Å². The van der Waals surface area contributed by atoms with Gasteiger partial charge < -0.3 is 20.3 Å². The molecule has 5 heteroatoms. The normalized spacial score (nSPS) is 10.5. The lowest BCUT2D eigenvalue weighted by atomic mass is 10.2. The third kappa shape index (κ3) is 6.22. The van der Waals surface area contributed by atoms with E-state index in [2.05, 4.69) is 10.6 Å². The zero-order chi connectivity index (χ0) is 14.1. The van der Waals surface area contributed by atoms with E-state index in [1.807, 2.05) is 43.3 Å². The van der Waals surface area contributed by atoms with Crippen LogP contribution >= 0.6 is 0 Å². The fraction of sp³-hybridized carbons (Fsp3) is 0.500. The highest BCUT2D eigenvalue weighted by Gasteiger charge is 2.03. The first-order valence-corrected chi connectivity index (χ1v) is 6.37. The van der Waals surface area contributed by atoms with E-state index in [1.54, 1.807) is 7.11 Å². The Balaban J connectivity index is 2.24. The fourth-order valence-corrected chi connectivity index (χ4v) is 1.64. The first-order valence-electron chi connectivity index (χ1n) is 6.37. The number of hydrogen-bond donors (Lipinski definition) is 2. The third-order valence-electron chi connectivity index (χ3n) is 2.67. The quantitative estimate of drug-likeness (QED) is 0.717. The molecule has 1 aromatic carbocycles. The van der Waals surface area contributed by atoms with Crippen LogP contribution in [0.15, 0.2) is 24.3 Å². The van der Waals surface area contributed by atoms with Crippen molar-refractivity contribution >= 4 is 5.91 Å². The molecule has 1 rings (SSSR count). The number of benzene rings is 1. The minimum absolute atomic E-state index is 0.0109. The number of para-hydroxylation sites is 1. The summed E-state index contributed by atoms with van der Waals surface area (Å²) < 4.78 is 5.25. The second-order valence-electron chi connectivity index (χ2n) is 4.57. The third-order valence-corrected chi connectivity index (χ3v) is 2.67. The first-order chi connectivity index (χ1) is 9.13. The van der Waals surface area contributed by atoms with Crippen LogP contribution < -0.4 is 15.4 Å². The lowest BCUT2D eigenvalue weighted by molar-refractivity contribution is -0.120. The van der Waals surface area contributed by atoms with Gasteiger partial charge in [0.05, 0.1) is 13.7 Å². The number of nitrogens with zero attached hydrogens (tertiary/aromatic N) is 1. The molecule has 0 aliphatic rings. The number of carbonyl (C=O) groups is 1. The summed E-state index contributed by atoms with van der Waals surface area (Å²) in [5.41, 5.74) is 1.05. The highest BCUT2D eigenvalue weighted by atomic mass is 16.5. The van der Waals surface area contributed by atoms with Crippen molar-refractivity contribution in [3.05, 3.63) is 29.8 Å².